The van der Waals surface area contributed by atoms with Gasteiger partial charge >= 0.3 is 0 Å². The third-order valence-electron chi connectivity index (χ3n) is 6.05. The Kier molecular flexibility index (Phi) is 6.16. The van der Waals surface area contributed by atoms with Gasteiger partial charge < -0.3 is 10.6 Å². The van der Waals surface area contributed by atoms with Crippen LogP contribution < -0.4 is 10.6 Å². The van der Waals surface area contributed by atoms with Crippen molar-refractivity contribution in [1.82, 2.24) is 14.9 Å². The number of fused-ring (bicyclic) bond motifs is 1. The summed E-state index contributed by atoms with van der Waals surface area (Å²) < 4.78 is 13.6. The first-order valence-electron chi connectivity index (χ1n) is 10.8. The predicted octanol–water partition coefficient (Wildman–Crippen LogP) is 1.98. The highest BCUT2D eigenvalue weighted by Crippen LogP contribution is 2.33. The Hall–Kier alpha value is -3.36. The van der Waals surface area contributed by atoms with E-state index in [0.717, 1.165) is 24.1 Å². The third-order valence-corrected chi connectivity index (χ3v) is 6.05. The molecule has 4 rings (SSSR count). The largest absolute Gasteiger partial charge is 0.370 e. The summed E-state index contributed by atoms with van der Waals surface area (Å²) in [5.74, 6) is 0.0771. The van der Waals surface area contributed by atoms with Crippen LogP contribution in [-0.2, 0) is 27.3 Å². The Labute approximate surface area is 185 Å². The highest BCUT2D eigenvalue weighted by molar-refractivity contribution is 6.00. The topological polar surface area (TPSA) is 109 Å². The summed E-state index contributed by atoms with van der Waals surface area (Å²) in [5.41, 5.74) is 7.39. The standard InChI is InChI=1S/C23H26FN5O3/c1-14-18-11-21(32)29(12-15-4-2-6-17(24)10-15)23(18)27-22(26-14)16-5-3-9-28(13-16)20(31)8-7-19(25)30/h2,4,6,10,16H,3,5,7-9,11-13H2,1H3,(H2,25,30). The van der Waals surface area contributed by atoms with Gasteiger partial charge in [0.15, 0.2) is 0 Å². The molecule has 2 N–H and O–H groups in total. The van der Waals surface area contributed by atoms with Crippen LogP contribution in [0, 0.1) is 12.7 Å². The van der Waals surface area contributed by atoms with Gasteiger partial charge in [-0.2, -0.15) is 0 Å². The van der Waals surface area contributed by atoms with Crippen LogP contribution in [0.25, 0.3) is 0 Å². The Morgan fingerprint density at radius 2 is 2.06 bits per heavy atom. The Balaban J connectivity index is 1.56. The van der Waals surface area contributed by atoms with Gasteiger partial charge in [0, 0.05) is 43.1 Å². The summed E-state index contributed by atoms with van der Waals surface area (Å²) in [6.07, 6.45) is 1.99. The van der Waals surface area contributed by atoms with Crippen LogP contribution in [0.15, 0.2) is 24.3 Å². The quantitative estimate of drug-likeness (QED) is 0.740. The molecule has 9 heteroatoms. The van der Waals surface area contributed by atoms with Crippen LogP contribution in [0.1, 0.15) is 54.2 Å². The number of piperidine rings is 1. The molecule has 3 amide bonds. The normalized spacial score (nSPS) is 18.1. The molecule has 0 radical (unpaired) electrons. The number of likely N-dealkylation sites (tertiary alicyclic amines) is 1. The van der Waals surface area contributed by atoms with Crippen molar-refractivity contribution >= 4 is 23.5 Å². The van der Waals surface area contributed by atoms with Crippen LogP contribution in [0.2, 0.25) is 0 Å². The van der Waals surface area contributed by atoms with Crippen molar-refractivity contribution in [1.29, 1.82) is 0 Å². The predicted molar refractivity (Wildman–Crippen MR) is 115 cm³/mol. The molecule has 32 heavy (non-hydrogen) atoms. The molecule has 0 bridgehead atoms. The van der Waals surface area contributed by atoms with Crippen molar-refractivity contribution in [2.24, 2.45) is 5.73 Å². The molecule has 1 atom stereocenters. The van der Waals surface area contributed by atoms with E-state index in [1.807, 2.05) is 6.92 Å². The minimum Gasteiger partial charge on any atom is -0.370 e. The van der Waals surface area contributed by atoms with Crippen LogP contribution in [-0.4, -0.2) is 45.7 Å². The lowest BCUT2D eigenvalue weighted by Gasteiger charge is -2.32. The number of hydrogen-bond donors (Lipinski definition) is 1. The highest BCUT2D eigenvalue weighted by Gasteiger charge is 2.34. The van der Waals surface area contributed by atoms with E-state index in [4.69, 9.17) is 10.7 Å². The second kappa shape index (κ2) is 9.02. The maximum Gasteiger partial charge on any atom is 0.233 e. The van der Waals surface area contributed by atoms with E-state index >= 15 is 0 Å². The lowest BCUT2D eigenvalue weighted by atomic mass is 9.96. The third kappa shape index (κ3) is 4.61. The molecule has 1 unspecified atom stereocenters. The van der Waals surface area contributed by atoms with Crippen molar-refractivity contribution < 1.29 is 18.8 Å². The fourth-order valence-electron chi connectivity index (χ4n) is 4.36. The number of nitrogens with zero attached hydrogens (tertiary/aromatic N) is 4. The lowest BCUT2D eigenvalue weighted by Crippen LogP contribution is -2.40. The number of amides is 3. The Bertz CT molecular complexity index is 1070. The number of halogens is 1. The average Bonchev–Trinajstić information content (AvgIpc) is 3.08. The van der Waals surface area contributed by atoms with E-state index in [1.54, 1.807) is 21.9 Å². The molecule has 8 nitrogen and oxygen atoms in total. The second-order valence-corrected chi connectivity index (χ2v) is 8.40. The molecule has 0 saturated carbocycles. The molecule has 3 heterocycles. The molecule has 2 aliphatic heterocycles. The maximum atomic E-state index is 13.6. The van der Waals surface area contributed by atoms with Gasteiger partial charge in [0.2, 0.25) is 17.7 Å². The number of carbonyl (C=O) groups is 3. The fraction of sp³-hybridized carbons (Fsp3) is 0.435. The van der Waals surface area contributed by atoms with Crippen molar-refractivity contribution in [2.75, 3.05) is 18.0 Å². The minimum atomic E-state index is -0.493. The highest BCUT2D eigenvalue weighted by atomic mass is 19.1. The Morgan fingerprint density at radius 3 is 2.81 bits per heavy atom. The number of rotatable bonds is 6. The number of aromatic nitrogens is 2. The van der Waals surface area contributed by atoms with Crippen LogP contribution >= 0.6 is 0 Å². The van der Waals surface area contributed by atoms with E-state index in [1.165, 1.54) is 12.1 Å². The van der Waals surface area contributed by atoms with E-state index in [0.29, 0.717) is 30.3 Å². The Morgan fingerprint density at radius 1 is 1.25 bits per heavy atom. The first kappa shape index (κ1) is 21.9. The zero-order valence-corrected chi connectivity index (χ0v) is 18.0. The summed E-state index contributed by atoms with van der Waals surface area (Å²) in [4.78, 5) is 48.9. The van der Waals surface area contributed by atoms with Gasteiger partial charge in [-0.05, 0) is 37.5 Å². The number of aryl methyl sites for hydroxylation is 1. The number of benzene rings is 1. The van der Waals surface area contributed by atoms with Crippen molar-refractivity contribution in [3.63, 3.8) is 0 Å². The molecule has 0 spiro atoms. The smallest absolute Gasteiger partial charge is 0.233 e. The van der Waals surface area contributed by atoms with Crippen molar-refractivity contribution in [2.45, 2.75) is 51.5 Å². The molecule has 2 aromatic rings. The first-order chi connectivity index (χ1) is 15.3. The van der Waals surface area contributed by atoms with Crippen LogP contribution in [0.5, 0.6) is 0 Å². The lowest BCUT2D eigenvalue weighted by molar-refractivity contribution is -0.134. The number of anilines is 1. The van der Waals surface area contributed by atoms with Gasteiger partial charge in [-0.25, -0.2) is 14.4 Å². The second-order valence-electron chi connectivity index (χ2n) is 8.40. The minimum absolute atomic E-state index is 0.0333. The van der Waals surface area contributed by atoms with E-state index < -0.39 is 5.91 Å². The van der Waals surface area contributed by atoms with Gasteiger partial charge in [-0.1, -0.05) is 12.1 Å². The first-order valence-corrected chi connectivity index (χ1v) is 10.8. The summed E-state index contributed by atoms with van der Waals surface area (Å²) in [6.45, 7) is 3.19. The van der Waals surface area contributed by atoms with Gasteiger partial charge in [0.1, 0.15) is 17.5 Å². The summed E-state index contributed by atoms with van der Waals surface area (Å²) in [5, 5.41) is 0. The van der Waals surface area contributed by atoms with Crippen LogP contribution in [0.4, 0.5) is 10.2 Å². The molecule has 1 aromatic heterocycles. The van der Waals surface area contributed by atoms with E-state index in [9.17, 15) is 18.8 Å². The van der Waals surface area contributed by atoms with Crippen molar-refractivity contribution in [3.05, 3.63) is 52.7 Å². The van der Waals surface area contributed by atoms with Gasteiger partial charge in [0.05, 0.1) is 13.0 Å². The molecule has 2 aliphatic rings. The van der Waals surface area contributed by atoms with Crippen molar-refractivity contribution in [3.8, 4) is 0 Å². The molecule has 1 saturated heterocycles. The number of primary amides is 1. The number of nitrogens with two attached hydrogens (primary N) is 1. The molecule has 0 aliphatic carbocycles. The monoisotopic (exact) mass is 439 g/mol. The molecular formula is C23H26FN5O3. The van der Waals surface area contributed by atoms with Gasteiger partial charge in [-0.3, -0.25) is 19.3 Å². The summed E-state index contributed by atoms with van der Waals surface area (Å²) in [7, 11) is 0. The zero-order chi connectivity index (χ0) is 22.8. The molecule has 168 valence electrons. The molecule has 1 fully saturated rings. The van der Waals surface area contributed by atoms with Gasteiger partial charge in [0.25, 0.3) is 0 Å². The summed E-state index contributed by atoms with van der Waals surface area (Å²) in [6, 6.07) is 6.18. The summed E-state index contributed by atoms with van der Waals surface area (Å²) >= 11 is 0. The number of carbonyl (C=O) groups excluding carboxylic acids is 3. The maximum absolute atomic E-state index is 13.6. The van der Waals surface area contributed by atoms with E-state index in [-0.39, 0.29) is 49.4 Å². The fourth-order valence-corrected chi connectivity index (χ4v) is 4.36. The average molecular weight is 439 g/mol. The SMILES string of the molecule is Cc1nc(C2CCCN(C(=O)CCC(N)=O)C2)nc2c1CC(=O)N2Cc1cccc(F)c1. The number of hydrogen-bond acceptors (Lipinski definition) is 5. The molecular weight excluding hydrogens is 413 g/mol. The molecule has 1 aromatic carbocycles. The van der Waals surface area contributed by atoms with Gasteiger partial charge in [-0.15, -0.1) is 0 Å². The zero-order valence-electron chi connectivity index (χ0n) is 18.0. The van der Waals surface area contributed by atoms with Crippen LogP contribution in [0.3, 0.4) is 0 Å². The van der Waals surface area contributed by atoms with E-state index in [2.05, 4.69) is 4.98 Å².